The maximum atomic E-state index is 10.7. The van der Waals surface area contributed by atoms with Gasteiger partial charge in [-0.1, -0.05) is 12.1 Å². The highest BCUT2D eigenvalue weighted by molar-refractivity contribution is 5.35. The number of non-ortho nitro benzene ring substituents is 1. The number of aliphatic hydroxyl groups excluding tert-OH is 4. The molecule has 9 nitrogen and oxygen atoms in total. The lowest BCUT2D eigenvalue weighted by atomic mass is 10.0. The Kier molecular flexibility index (Phi) is 5.40. The molecule has 0 bridgehead atoms. The molecular formula is C13H17NO8. The molecule has 0 saturated carbocycles. The van der Waals surface area contributed by atoms with Crippen LogP contribution in [0, 0.1) is 10.1 Å². The Morgan fingerprint density at radius 2 is 2.09 bits per heavy atom. The predicted molar refractivity (Wildman–Crippen MR) is 71.8 cm³/mol. The molecule has 1 aromatic rings. The lowest BCUT2D eigenvalue weighted by Crippen LogP contribution is -2.46. The molecule has 2 rings (SSSR count). The minimum Gasteiger partial charge on any atom is -0.394 e. The third-order valence-electron chi connectivity index (χ3n) is 3.38. The zero-order valence-corrected chi connectivity index (χ0v) is 11.5. The van der Waals surface area contributed by atoms with Crippen LogP contribution in [0.3, 0.4) is 0 Å². The van der Waals surface area contributed by atoms with E-state index in [-0.39, 0.29) is 12.3 Å². The van der Waals surface area contributed by atoms with E-state index in [2.05, 4.69) is 0 Å². The Hall–Kier alpha value is -1.62. The molecule has 1 heterocycles. The third-order valence-corrected chi connectivity index (χ3v) is 3.38. The van der Waals surface area contributed by atoms with Crippen LogP contribution in [-0.4, -0.2) is 63.0 Å². The van der Waals surface area contributed by atoms with Crippen LogP contribution in [0.4, 0.5) is 5.69 Å². The van der Waals surface area contributed by atoms with Gasteiger partial charge >= 0.3 is 0 Å². The molecule has 5 atom stereocenters. The predicted octanol–water partition coefficient (Wildman–Crippen LogP) is -0.916. The highest BCUT2D eigenvalue weighted by atomic mass is 16.7. The van der Waals surface area contributed by atoms with Crippen LogP contribution < -0.4 is 0 Å². The lowest BCUT2D eigenvalue weighted by Gasteiger charge is -2.25. The summed E-state index contributed by atoms with van der Waals surface area (Å²) in [6.07, 6.45) is -6.41. The van der Waals surface area contributed by atoms with Crippen molar-refractivity contribution in [1.82, 2.24) is 0 Å². The number of hydrogen-bond acceptors (Lipinski definition) is 8. The number of rotatable bonds is 6. The van der Waals surface area contributed by atoms with E-state index in [1.54, 1.807) is 6.07 Å². The number of benzene rings is 1. The highest BCUT2D eigenvalue weighted by Crippen LogP contribution is 2.30. The molecule has 1 unspecified atom stereocenters. The van der Waals surface area contributed by atoms with Gasteiger partial charge in [-0.25, -0.2) is 0 Å². The van der Waals surface area contributed by atoms with E-state index in [1.807, 2.05) is 0 Å². The van der Waals surface area contributed by atoms with Crippen molar-refractivity contribution in [2.24, 2.45) is 0 Å². The van der Waals surface area contributed by atoms with Crippen molar-refractivity contribution in [3.8, 4) is 0 Å². The number of ether oxygens (including phenoxy) is 2. The SMILES string of the molecule is O=[N+]([O-])c1cccc(C2OC[C@@H]([C@@H](O)[C@H](O)[C@H](O)CO)O2)c1. The van der Waals surface area contributed by atoms with Gasteiger partial charge in [0.2, 0.25) is 0 Å². The fraction of sp³-hybridized carbons (Fsp3) is 0.538. The summed E-state index contributed by atoms with van der Waals surface area (Å²) >= 11 is 0. The van der Waals surface area contributed by atoms with Crippen LogP contribution in [0.5, 0.6) is 0 Å². The maximum absolute atomic E-state index is 10.7. The molecule has 0 amide bonds. The summed E-state index contributed by atoms with van der Waals surface area (Å²) in [5, 5.41) is 48.3. The van der Waals surface area contributed by atoms with Gasteiger partial charge < -0.3 is 29.9 Å². The third kappa shape index (κ3) is 3.58. The van der Waals surface area contributed by atoms with Gasteiger partial charge in [0.25, 0.3) is 5.69 Å². The highest BCUT2D eigenvalue weighted by Gasteiger charge is 2.38. The summed E-state index contributed by atoms with van der Waals surface area (Å²) in [7, 11) is 0. The number of nitro benzene ring substituents is 1. The molecule has 0 aromatic heterocycles. The number of nitro groups is 1. The standard InChI is InChI=1S/C13H17NO8/c15-5-9(16)11(17)12(18)10-6-21-13(22-10)7-2-1-3-8(4-7)14(19)20/h1-4,9-13,15-18H,5-6H2/t9-,10+,11-,12-,13?/m1/s1. The van der Waals surface area contributed by atoms with Crippen molar-refractivity contribution in [3.63, 3.8) is 0 Å². The van der Waals surface area contributed by atoms with E-state index in [0.717, 1.165) is 0 Å². The summed E-state index contributed by atoms with van der Waals surface area (Å²) in [5.41, 5.74) is 0.283. The molecule has 1 aliphatic rings. The number of nitrogens with zero attached hydrogens (tertiary/aromatic N) is 1. The average Bonchev–Trinajstić information content (AvgIpc) is 3.02. The average molecular weight is 315 g/mol. The zero-order valence-electron chi connectivity index (χ0n) is 11.5. The Morgan fingerprint density at radius 3 is 2.73 bits per heavy atom. The molecule has 4 N–H and O–H groups in total. The van der Waals surface area contributed by atoms with Crippen molar-refractivity contribution in [2.75, 3.05) is 13.2 Å². The Balaban J connectivity index is 2.03. The van der Waals surface area contributed by atoms with Gasteiger partial charge in [-0.15, -0.1) is 0 Å². The van der Waals surface area contributed by atoms with Crippen LogP contribution in [0.2, 0.25) is 0 Å². The van der Waals surface area contributed by atoms with E-state index >= 15 is 0 Å². The van der Waals surface area contributed by atoms with Crippen LogP contribution in [0.1, 0.15) is 11.9 Å². The van der Waals surface area contributed by atoms with Gasteiger partial charge in [0.1, 0.15) is 24.4 Å². The van der Waals surface area contributed by atoms with Crippen LogP contribution in [-0.2, 0) is 9.47 Å². The summed E-state index contributed by atoms with van der Waals surface area (Å²) in [4.78, 5) is 10.2. The van der Waals surface area contributed by atoms with Gasteiger partial charge in [0.05, 0.1) is 18.1 Å². The Morgan fingerprint density at radius 1 is 1.36 bits per heavy atom. The van der Waals surface area contributed by atoms with Crippen molar-refractivity contribution in [2.45, 2.75) is 30.7 Å². The van der Waals surface area contributed by atoms with E-state index in [0.29, 0.717) is 5.56 Å². The van der Waals surface area contributed by atoms with Gasteiger partial charge in [-0.3, -0.25) is 10.1 Å². The Bertz CT molecular complexity index is 525. The molecular weight excluding hydrogens is 298 g/mol. The molecule has 22 heavy (non-hydrogen) atoms. The quantitative estimate of drug-likeness (QED) is 0.390. The van der Waals surface area contributed by atoms with E-state index in [4.69, 9.17) is 14.6 Å². The van der Waals surface area contributed by atoms with Gasteiger partial charge in [-0.2, -0.15) is 0 Å². The molecule has 122 valence electrons. The molecule has 1 aliphatic heterocycles. The monoisotopic (exact) mass is 315 g/mol. The summed E-state index contributed by atoms with van der Waals surface area (Å²) in [6.45, 7) is -0.774. The smallest absolute Gasteiger partial charge is 0.269 e. The molecule has 0 radical (unpaired) electrons. The second-order valence-electron chi connectivity index (χ2n) is 4.92. The van der Waals surface area contributed by atoms with Crippen molar-refractivity contribution >= 4 is 5.69 Å². The number of aliphatic hydroxyl groups is 4. The van der Waals surface area contributed by atoms with Crippen molar-refractivity contribution < 1.29 is 34.8 Å². The fourth-order valence-corrected chi connectivity index (χ4v) is 2.11. The first kappa shape index (κ1) is 16.7. The second kappa shape index (κ2) is 7.09. The van der Waals surface area contributed by atoms with Crippen LogP contribution in [0.25, 0.3) is 0 Å². The molecule has 1 fully saturated rings. The summed E-state index contributed by atoms with van der Waals surface area (Å²) in [6, 6.07) is 5.67. The van der Waals surface area contributed by atoms with Crippen LogP contribution >= 0.6 is 0 Å². The molecule has 9 heteroatoms. The Labute approximate surface area is 125 Å². The first-order chi connectivity index (χ1) is 10.4. The van der Waals surface area contributed by atoms with Crippen molar-refractivity contribution in [3.05, 3.63) is 39.9 Å². The topological polar surface area (TPSA) is 143 Å². The fourth-order valence-electron chi connectivity index (χ4n) is 2.11. The van der Waals surface area contributed by atoms with E-state index in [1.165, 1.54) is 18.2 Å². The maximum Gasteiger partial charge on any atom is 0.269 e. The largest absolute Gasteiger partial charge is 0.394 e. The van der Waals surface area contributed by atoms with Gasteiger partial charge in [0, 0.05) is 17.7 Å². The van der Waals surface area contributed by atoms with Crippen molar-refractivity contribution in [1.29, 1.82) is 0 Å². The summed E-state index contributed by atoms with van der Waals surface area (Å²) in [5.74, 6) is 0. The zero-order chi connectivity index (χ0) is 16.3. The minimum absolute atomic E-state index is 0.0657. The molecule has 0 aliphatic carbocycles. The summed E-state index contributed by atoms with van der Waals surface area (Å²) < 4.78 is 10.7. The number of hydrogen-bond donors (Lipinski definition) is 4. The molecule has 1 aromatic carbocycles. The molecule has 0 spiro atoms. The van der Waals surface area contributed by atoms with Gasteiger partial charge in [0.15, 0.2) is 6.29 Å². The minimum atomic E-state index is -1.59. The lowest BCUT2D eigenvalue weighted by molar-refractivity contribution is -0.385. The van der Waals surface area contributed by atoms with E-state index < -0.39 is 42.2 Å². The van der Waals surface area contributed by atoms with Crippen LogP contribution in [0.15, 0.2) is 24.3 Å². The first-order valence-electron chi connectivity index (χ1n) is 6.60. The van der Waals surface area contributed by atoms with Gasteiger partial charge in [-0.05, 0) is 0 Å². The second-order valence-corrected chi connectivity index (χ2v) is 4.92. The first-order valence-corrected chi connectivity index (χ1v) is 6.60. The van der Waals surface area contributed by atoms with E-state index in [9.17, 15) is 25.4 Å². The molecule has 1 saturated heterocycles. The normalized spacial score (nSPS) is 25.6.